The normalized spacial score (nSPS) is 23.7. The van der Waals surface area contributed by atoms with Gasteiger partial charge in [-0.1, -0.05) is 136 Å². The van der Waals surface area contributed by atoms with Crippen molar-refractivity contribution >= 4 is 5.91 Å². The number of carbonyl (C=O) groups excluding carboxylic acids is 1. The van der Waals surface area contributed by atoms with Crippen molar-refractivity contribution in [1.82, 2.24) is 5.32 Å². The Labute approximate surface area is 262 Å². The highest BCUT2D eigenvalue weighted by Crippen LogP contribution is 2.23. The van der Waals surface area contributed by atoms with Crippen molar-refractivity contribution in [2.24, 2.45) is 0 Å². The second kappa shape index (κ2) is 26.4. The number of nitrogens with one attached hydrogen (secondary N) is 1. The highest BCUT2D eigenvalue weighted by molar-refractivity contribution is 5.76. The average Bonchev–Trinajstić information content (AvgIpc) is 3.00. The standard InChI is InChI=1S/C34H67NO8/c1-3-5-7-8-9-10-11-12-13-14-15-16-17-18-19-20-22-24-30(38)35-27(28(37)23-21-6-4-2)26-42-34-33(41)32(40)31(39)29(25-36)43-34/h27-29,31-34,36-37,39-41H,3-26H2,1-2H3,(H,35,38). The van der Waals surface area contributed by atoms with Crippen LogP contribution in [0.25, 0.3) is 0 Å². The zero-order valence-electron chi connectivity index (χ0n) is 27.5. The highest BCUT2D eigenvalue weighted by atomic mass is 16.7. The molecule has 6 N–H and O–H groups in total. The van der Waals surface area contributed by atoms with Crippen LogP contribution in [0, 0.1) is 0 Å². The van der Waals surface area contributed by atoms with Gasteiger partial charge >= 0.3 is 0 Å². The van der Waals surface area contributed by atoms with E-state index in [1.807, 2.05) is 0 Å². The van der Waals surface area contributed by atoms with Gasteiger partial charge in [-0.25, -0.2) is 0 Å². The highest BCUT2D eigenvalue weighted by Gasteiger charge is 2.44. The number of unbranched alkanes of at least 4 members (excludes halogenated alkanes) is 18. The van der Waals surface area contributed by atoms with Crippen LogP contribution >= 0.6 is 0 Å². The van der Waals surface area contributed by atoms with E-state index in [0.717, 1.165) is 38.5 Å². The minimum atomic E-state index is -1.54. The molecule has 7 unspecified atom stereocenters. The fraction of sp³-hybridized carbons (Fsp3) is 0.971. The van der Waals surface area contributed by atoms with E-state index in [1.54, 1.807) is 0 Å². The first-order valence-electron chi connectivity index (χ1n) is 17.7. The quantitative estimate of drug-likeness (QED) is 0.0651. The van der Waals surface area contributed by atoms with Crippen LogP contribution in [0.3, 0.4) is 0 Å². The third-order valence-electron chi connectivity index (χ3n) is 8.71. The third-order valence-corrected chi connectivity index (χ3v) is 8.71. The predicted molar refractivity (Wildman–Crippen MR) is 171 cm³/mol. The number of rotatable bonds is 28. The van der Waals surface area contributed by atoms with Crippen LogP contribution in [0.1, 0.15) is 155 Å². The number of ether oxygens (including phenoxy) is 2. The first-order valence-corrected chi connectivity index (χ1v) is 17.7. The third kappa shape index (κ3) is 18.7. The topological polar surface area (TPSA) is 149 Å². The molecule has 0 aliphatic carbocycles. The average molecular weight is 618 g/mol. The molecule has 43 heavy (non-hydrogen) atoms. The molecule has 1 amide bonds. The summed E-state index contributed by atoms with van der Waals surface area (Å²) in [6.07, 6.45) is 17.7. The molecule has 0 aromatic rings. The zero-order chi connectivity index (χ0) is 31.7. The fourth-order valence-corrected chi connectivity index (χ4v) is 5.75. The lowest BCUT2D eigenvalue weighted by Gasteiger charge is -2.40. The van der Waals surface area contributed by atoms with Gasteiger partial charge in [0.2, 0.25) is 5.91 Å². The van der Waals surface area contributed by atoms with Crippen molar-refractivity contribution in [3.63, 3.8) is 0 Å². The summed E-state index contributed by atoms with van der Waals surface area (Å²) in [5.41, 5.74) is 0. The summed E-state index contributed by atoms with van der Waals surface area (Å²) in [6, 6.07) is -0.706. The summed E-state index contributed by atoms with van der Waals surface area (Å²) in [7, 11) is 0. The Balaban J connectivity index is 2.22. The Hall–Kier alpha value is -0.810. The first-order chi connectivity index (χ1) is 20.8. The molecule has 0 aromatic heterocycles. The Morgan fingerprint density at radius 3 is 1.65 bits per heavy atom. The number of hydrogen-bond donors (Lipinski definition) is 6. The van der Waals surface area contributed by atoms with Crippen LogP contribution in [0.4, 0.5) is 0 Å². The molecule has 0 spiro atoms. The molecule has 1 heterocycles. The van der Waals surface area contributed by atoms with Crippen molar-refractivity contribution in [3.8, 4) is 0 Å². The van der Waals surface area contributed by atoms with Crippen molar-refractivity contribution < 1.29 is 39.8 Å². The van der Waals surface area contributed by atoms with Crippen molar-refractivity contribution in [2.75, 3.05) is 13.2 Å². The van der Waals surface area contributed by atoms with E-state index in [4.69, 9.17) is 9.47 Å². The van der Waals surface area contributed by atoms with E-state index in [9.17, 15) is 30.3 Å². The SMILES string of the molecule is CCCCCCCCCCCCCCCCCCCC(=O)NC(COC1OC(CO)C(O)C(O)C1O)C(O)CCCCC. The maximum absolute atomic E-state index is 12.7. The smallest absolute Gasteiger partial charge is 0.220 e. The van der Waals surface area contributed by atoms with Crippen LogP contribution in [0.15, 0.2) is 0 Å². The van der Waals surface area contributed by atoms with Gasteiger partial charge < -0.3 is 40.3 Å². The number of aliphatic hydroxyl groups is 5. The summed E-state index contributed by atoms with van der Waals surface area (Å²) >= 11 is 0. The molecule has 9 heteroatoms. The second-order valence-corrected chi connectivity index (χ2v) is 12.7. The zero-order valence-corrected chi connectivity index (χ0v) is 27.5. The summed E-state index contributed by atoms with van der Waals surface area (Å²) < 4.78 is 11.1. The van der Waals surface area contributed by atoms with Gasteiger partial charge in [-0.3, -0.25) is 4.79 Å². The Bertz CT molecular complexity index is 652. The monoisotopic (exact) mass is 617 g/mol. The van der Waals surface area contributed by atoms with Gasteiger partial charge in [-0.15, -0.1) is 0 Å². The molecule has 1 aliphatic heterocycles. The van der Waals surface area contributed by atoms with Gasteiger partial charge in [0.15, 0.2) is 6.29 Å². The van der Waals surface area contributed by atoms with Crippen LogP contribution in [-0.4, -0.2) is 87.5 Å². The summed E-state index contributed by atoms with van der Waals surface area (Å²) in [5, 5.41) is 53.3. The van der Waals surface area contributed by atoms with E-state index in [2.05, 4.69) is 19.2 Å². The van der Waals surface area contributed by atoms with Crippen LogP contribution in [0.5, 0.6) is 0 Å². The van der Waals surface area contributed by atoms with Gasteiger partial charge in [0.05, 0.1) is 25.4 Å². The maximum atomic E-state index is 12.7. The largest absolute Gasteiger partial charge is 0.394 e. The van der Waals surface area contributed by atoms with Crippen molar-refractivity contribution in [1.29, 1.82) is 0 Å². The molecular weight excluding hydrogens is 550 g/mol. The summed E-state index contributed by atoms with van der Waals surface area (Å²) in [4.78, 5) is 12.7. The number of carbonyl (C=O) groups is 1. The van der Waals surface area contributed by atoms with E-state index in [1.165, 1.54) is 89.9 Å². The molecule has 1 rings (SSSR count). The molecule has 0 bridgehead atoms. The van der Waals surface area contributed by atoms with Gasteiger partial charge in [0.1, 0.15) is 24.4 Å². The minimum absolute atomic E-state index is 0.138. The summed E-state index contributed by atoms with van der Waals surface area (Å²) in [6.45, 7) is 3.65. The van der Waals surface area contributed by atoms with Crippen molar-refractivity contribution in [3.05, 3.63) is 0 Å². The molecule has 256 valence electrons. The molecule has 7 atom stereocenters. The maximum Gasteiger partial charge on any atom is 0.220 e. The predicted octanol–water partition coefficient (Wildman–Crippen LogP) is 5.27. The van der Waals surface area contributed by atoms with Gasteiger partial charge in [-0.2, -0.15) is 0 Å². The lowest BCUT2D eigenvalue weighted by molar-refractivity contribution is -0.302. The molecule has 0 aromatic carbocycles. The lowest BCUT2D eigenvalue weighted by Crippen LogP contribution is -2.60. The number of amides is 1. The molecule has 1 fully saturated rings. The minimum Gasteiger partial charge on any atom is -0.394 e. The van der Waals surface area contributed by atoms with E-state index < -0.39 is 49.5 Å². The van der Waals surface area contributed by atoms with E-state index >= 15 is 0 Å². The number of hydrogen-bond acceptors (Lipinski definition) is 8. The Morgan fingerprint density at radius 1 is 0.698 bits per heavy atom. The first kappa shape index (κ1) is 40.2. The molecular formula is C34H67NO8. The van der Waals surface area contributed by atoms with Gasteiger partial charge in [-0.05, 0) is 12.8 Å². The number of aliphatic hydroxyl groups excluding tert-OH is 5. The van der Waals surface area contributed by atoms with Crippen LogP contribution in [0.2, 0.25) is 0 Å². The Kier molecular flexibility index (Phi) is 24.7. The van der Waals surface area contributed by atoms with Crippen molar-refractivity contribution in [2.45, 2.75) is 198 Å². The van der Waals surface area contributed by atoms with E-state index in [0.29, 0.717) is 12.8 Å². The Morgan fingerprint density at radius 2 is 1.16 bits per heavy atom. The molecule has 1 aliphatic rings. The van der Waals surface area contributed by atoms with Gasteiger partial charge in [0, 0.05) is 6.42 Å². The molecule has 9 nitrogen and oxygen atoms in total. The van der Waals surface area contributed by atoms with Gasteiger partial charge in [0.25, 0.3) is 0 Å². The molecule has 0 radical (unpaired) electrons. The summed E-state index contributed by atoms with van der Waals surface area (Å²) in [5.74, 6) is -0.155. The molecule has 0 saturated carbocycles. The van der Waals surface area contributed by atoms with Crippen LogP contribution in [-0.2, 0) is 14.3 Å². The van der Waals surface area contributed by atoms with E-state index in [-0.39, 0.29) is 12.5 Å². The molecule has 1 saturated heterocycles. The fourth-order valence-electron chi connectivity index (χ4n) is 5.75. The van der Waals surface area contributed by atoms with Crippen LogP contribution < -0.4 is 5.32 Å². The lowest BCUT2D eigenvalue weighted by atomic mass is 9.99. The second-order valence-electron chi connectivity index (χ2n) is 12.7.